The zero-order chi connectivity index (χ0) is 28.1. The van der Waals surface area contributed by atoms with Gasteiger partial charge in [-0.2, -0.15) is 13.2 Å². The summed E-state index contributed by atoms with van der Waals surface area (Å²) < 4.78 is 55.6. The van der Waals surface area contributed by atoms with E-state index < -0.39 is 17.6 Å². The van der Waals surface area contributed by atoms with Crippen LogP contribution in [0.15, 0.2) is 42.7 Å². The average Bonchev–Trinajstić information content (AvgIpc) is 3.48. The zero-order valence-corrected chi connectivity index (χ0v) is 22.6. The van der Waals surface area contributed by atoms with Gasteiger partial charge in [-0.25, -0.2) is 0 Å². The van der Waals surface area contributed by atoms with Crippen LogP contribution in [0.3, 0.4) is 0 Å². The molecule has 1 aromatic heterocycles. The second-order valence-electron chi connectivity index (χ2n) is 11.1. The molecule has 0 spiro atoms. The number of ether oxygens (including phenoxy) is 2. The third kappa shape index (κ3) is 4.90. The standard InChI is InChI=1S/C29H32F3N5O3/c1-35-18-33-34-26(35)13-28(16-40-17-28)20-4-3-5-21(12-20)37-15-24-23(27(37)38)10-19(11-25(24)29(30,31)32)14-36-8-6-22(39-2)7-9-36/h3-5,10-12,18,22H,6-9,13-17H2,1-2H3/i6+0,22+0/t22-/m1/s1. The second-order valence-corrected chi connectivity index (χ2v) is 11.1. The largest absolute Gasteiger partial charge is 0.416 e. The Morgan fingerprint density at radius 1 is 1.15 bits per heavy atom. The molecule has 11 heteroatoms. The monoisotopic (exact) mass is 555 g/mol. The summed E-state index contributed by atoms with van der Waals surface area (Å²) in [6.07, 6.45) is -0.471. The van der Waals surface area contributed by atoms with Gasteiger partial charge in [0.05, 0.1) is 31.4 Å². The normalized spacial score (nSPS) is 21.0. The zero-order valence-electron chi connectivity index (χ0n) is 22.6. The lowest BCUT2D eigenvalue weighted by molar-refractivity contribution is -0.138. The van der Waals surface area contributed by atoms with Crippen molar-refractivity contribution in [2.45, 2.75) is 50.0 Å². The second kappa shape index (κ2) is 10.3. The highest BCUT2D eigenvalue weighted by molar-refractivity contribution is 6.10. The summed E-state index contributed by atoms with van der Waals surface area (Å²) in [5.74, 6) is 0.400. The summed E-state index contributed by atoms with van der Waals surface area (Å²) in [5, 5.41) is 8.18. The molecule has 6 rings (SSSR count). The number of halogens is 3. The van der Waals surface area contributed by atoms with E-state index in [-0.39, 0.29) is 29.2 Å². The Balaban J connectivity index is 1.28. The molecule has 0 N–H and O–H groups in total. The number of carbonyl (C=O) groups is 1. The van der Waals surface area contributed by atoms with Crippen LogP contribution in [0.25, 0.3) is 0 Å². The molecule has 0 aliphatic carbocycles. The van der Waals surface area contributed by atoms with Crippen LogP contribution in [-0.2, 0) is 47.6 Å². The van der Waals surface area contributed by atoms with Crippen molar-refractivity contribution >= 4 is 11.6 Å². The van der Waals surface area contributed by atoms with E-state index in [9.17, 15) is 18.0 Å². The number of hydrogen-bond acceptors (Lipinski definition) is 6. The van der Waals surface area contributed by atoms with Crippen molar-refractivity contribution in [1.82, 2.24) is 19.7 Å². The minimum atomic E-state index is -4.56. The Hall–Kier alpha value is -3.28. The van der Waals surface area contributed by atoms with Gasteiger partial charge in [0.1, 0.15) is 12.2 Å². The molecule has 2 fully saturated rings. The van der Waals surface area contributed by atoms with E-state index in [1.54, 1.807) is 25.6 Å². The van der Waals surface area contributed by atoms with Gasteiger partial charge in [-0.05, 0) is 53.8 Å². The molecule has 3 aromatic rings. The van der Waals surface area contributed by atoms with E-state index in [1.165, 1.54) is 11.0 Å². The van der Waals surface area contributed by atoms with Crippen LogP contribution in [0.1, 0.15) is 51.3 Å². The number of anilines is 1. The number of benzene rings is 2. The summed E-state index contributed by atoms with van der Waals surface area (Å²) in [7, 11) is 3.56. The van der Waals surface area contributed by atoms with Crippen molar-refractivity contribution in [1.29, 1.82) is 0 Å². The predicted molar refractivity (Wildman–Crippen MR) is 141 cm³/mol. The minimum absolute atomic E-state index is 0.0329. The highest BCUT2D eigenvalue weighted by atomic mass is 19.4. The van der Waals surface area contributed by atoms with Gasteiger partial charge in [0.25, 0.3) is 5.91 Å². The van der Waals surface area contributed by atoms with Crippen molar-refractivity contribution < 1.29 is 27.4 Å². The van der Waals surface area contributed by atoms with Gasteiger partial charge in [0.2, 0.25) is 0 Å². The molecule has 0 saturated carbocycles. The first-order chi connectivity index (χ1) is 19.2. The number of likely N-dealkylation sites (tertiary alicyclic amines) is 1. The molecule has 4 heterocycles. The Morgan fingerprint density at radius 3 is 2.55 bits per heavy atom. The molecule has 1 atom stereocenters. The topological polar surface area (TPSA) is 72.7 Å². The third-order valence-corrected chi connectivity index (χ3v) is 8.51. The van der Waals surface area contributed by atoms with Crippen LogP contribution in [0.2, 0.25) is 0 Å². The lowest BCUT2D eigenvalue weighted by Crippen LogP contribution is -2.49. The first kappa shape index (κ1) is 26.9. The van der Waals surface area contributed by atoms with Gasteiger partial charge in [-0.1, -0.05) is 12.1 Å². The highest BCUT2D eigenvalue weighted by Gasteiger charge is 2.43. The molecule has 40 heavy (non-hydrogen) atoms. The fraction of sp³-hybridized carbons (Fsp3) is 0.483. The molecule has 3 aliphatic heterocycles. The Morgan fingerprint density at radius 2 is 1.93 bits per heavy atom. The maximum Gasteiger partial charge on any atom is 0.416 e. The minimum Gasteiger partial charge on any atom is -0.381 e. The fourth-order valence-electron chi connectivity index (χ4n) is 6.08. The van der Waals surface area contributed by atoms with Crippen LogP contribution in [0, 0.1) is 0 Å². The molecule has 8 nitrogen and oxygen atoms in total. The summed E-state index contributed by atoms with van der Waals surface area (Å²) >= 11 is 0. The number of aryl methyl sites for hydroxylation is 1. The van der Waals surface area contributed by atoms with E-state index in [4.69, 9.17) is 9.47 Å². The lowest BCUT2D eigenvalue weighted by Gasteiger charge is -2.42. The summed E-state index contributed by atoms with van der Waals surface area (Å²) in [6, 6.07) is 10.4. The maximum atomic E-state index is 14.3. The lowest BCUT2D eigenvalue weighted by atomic mass is 9.75. The van der Waals surface area contributed by atoms with Gasteiger partial charge in [-0.15, -0.1) is 10.2 Å². The maximum absolute atomic E-state index is 14.3. The van der Waals surface area contributed by atoms with Crippen molar-refractivity contribution in [3.8, 4) is 0 Å². The average molecular weight is 556 g/mol. The molecular weight excluding hydrogens is 523 g/mol. The number of nitrogens with zero attached hydrogens (tertiary/aromatic N) is 5. The van der Waals surface area contributed by atoms with Gasteiger partial charge < -0.3 is 18.9 Å². The van der Waals surface area contributed by atoms with E-state index >= 15 is 0 Å². The molecule has 3 aliphatic rings. The summed E-state index contributed by atoms with van der Waals surface area (Å²) in [6.45, 7) is 2.69. The predicted octanol–water partition coefficient (Wildman–Crippen LogP) is 4.12. The number of hydrogen-bond donors (Lipinski definition) is 0. The van der Waals surface area contributed by atoms with Gasteiger partial charge >= 0.3 is 6.18 Å². The van der Waals surface area contributed by atoms with E-state index in [0.717, 1.165) is 37.3 Å². The Labute approximate surface area is 230 Å². The summed E-state index contributed by atoms with van der Waals surface area (Å²) in [4.78, 5) is 17.2. The molecular formula is C29H32F3N5O3. The van der Waals surface area contributed by atoms with Crippen LogP contribution in [-0.4, -0.2) is 65.1 Å². The quantitative estimate of drug-likeness (QED) is 0.437. The Kier molecular flexibility index (Phi) is 6.92. The van der Waals surface area contributed by atoms with Crippen molar-refractivity contribution in [2.75, 3.05) is 38.3 Å². The molecule has 1 amide bonds. The van der Waals surface area contributed by atoms with Crippen LogP contribution < -0.4 is 4.90 Å². The highest BCUT2D eigenvalue weighted by Crippen LogP contribution is 2.42. The number of fused-ring (bicyclic) bond motifs is 1. The number of methoxy groups -OCH3 is 1. The van der Waals surface area contributed by atoms with Gasteiger partial charge in [0, 0.05) is 56.9 Å². The molecule has 212 valence electrons. The summed E-state index contributed by atoms with van der Waals surface area (Å²) in [5.41, 5.74) is 1.12. The van der Waals surface area contributed by atoms with Crippen LogP contribution >= 0.6 is 0 Å². The number of alkyl halides is 3. The van der Waals surface area contributed by atoms with E-state index in [2.05, 4.69) is 15.1 Å². The van der Waals surface area contributed by atoms with Crippen molar-refractivity contribution in [3.63, 3.8) is 0 Å². The third-order valence-electron chi connectivity index (χ3n) is 8.51. The number of piperidine rings is 1. The van der Waals surface area contributed by atoms with Gasteiger partial charge in [0.15, 0.2) is 0 Å². The van der Waals surface area contributed by atoms with Crippen LogP contribution in [0.4, 0.5) is 18.9 Å². The van der Waals surface area contributed by atoms with Gasteiger partial charge in [-0.3, -0.25) is 9.69 Å². The number of aromatic nitrogens is 3. The van der Waals surface area contributed by atoms with Crippen LogP contribution in [0.5, 0.6) is 0 Å². The molecule has 2 saturated heterocycles. The number of rotatable bonds is 7. The molecule has 2 aromatic carbocycles. The smallest absolute Gasteiger partial charge is 0.381 e. The number of amides is 1. The number of carbonyl (C=O) groups excluding carboxylic acids is 1. The molecule has 0 radical (unpaired) electrons. The van der Waals surface area contributed by atoms with E-state index in [1.807, 2.05) is 29.8 Å². The first-order valence-corrected chi connectivity index (χ1v) is 13.5. The Bertz CT molecular complexity index is 1410. The van der Waals surface area contributed by atoms with Crippen molar-refractivity contribution in [2.24, 2.45) is 7.05 Å². The van der Waals surface area contributed by atoms with Crippen molar-refractivity contribution in [3.05, 3.63) is 76.4 Å². The SMILES string of the molecule is CO[12C@H]1CCN(Cc2cc3c(c(C(F)(F)F)c2)CN(c2cccc(C4(Cc5nncn5C)COC4)c2)C3=O)C[12CH2]1. The van der Waals surface area contributed by atoms with E-state index in [0.29, 0.717) is 37.4 Å². The fourth-order valence-corrected chi connectivity index (χ4v) is 6.08. The molecule has 0 bridgehead atoms. The first-order valence-electron chi connectivity index (χ1n) is 13.5. The molecule has 0 unspecified atom stereocenters.